The number of hydrogen-bond acceptors (Lipinski definition) is 4. The Hall–Kier alpha value is -1.98. The highest BCUT2D eigenvalue weighted by molar-refractivity contribution is 7.13. The monoisotopic (exact) mass is 270 g/mol. The summed E-state index contributed by atoms with van der Waals surface area (Å²) in [5.41, 5.74) is 3.32. The van der Waals surface area contributed by atoms with Gasteiger partial charge in [0.15, 0.2) is 0 Å². The lowest BCUT2D eigenvalue weighted by molar-refractivity contribution is 0.681. The van der Waals surface area contributed by atoms with Gasteiger partial charge in [0.05, 0.1) is 22.5 Å². The summed E-state index contributed by atoms with van der Waals surface area (Å²) in [6.45, 7) is 1.54. The van der Waals surface area contributed by atoms with E-state index in [-0.39, 0.29) is 0 Å². The van der Waals surface area contributed by atoms with Crippen LogP contribution in [0, 0.1) is 0 Å². The van der Waals surface area contributed by atoms with Gasteiger partial charge in [-0.25, -0.2) is 0 Å². The number of aromatic amines is 1. The fraction of sp³-hybridized carbons (Fsp3) is 0.143. The third-order valence-corrected chi connectivity index (χ3v) is 3.72. The molecule has 3 heterocycles. The summed E-state index contributed by atoms with van der Waals surface area (Å²) in [5, 5.41) is 12.7. The number of nitrogens with one attached hydrogen (secondary N) is 2. The Morgan fingerprint density at radius 3 is 2.95 bits per heavy atom. The van der Waals surface area contributed by atoms with Gasteiger partial charge in [-0.15, -0.1) is 11.3 Å². The molecule has 0 bridgehead atoms. The molecule has 96 valence electrons. The van der Waals surface area contributed by atoms with Gasteiger partial charge >= 0.3 is 0 Å². The summed E-state index contributed by atoms with van der Waals surface area (Å²) in [5.74, 6) is 0. The fourth-order valence-electron chi connectivity index (χ4n) is 1.91. The maximum absolute atomic E-state index is 4.29. The lowest BCUT2D eigenvalue weighted by Crippen LogP contribution is -2.13. The van der Waals surface area contributed by atoms with E-state index >= 15 is 0 Å². The van der Waals surface area contributed by atoms with Crippen LogP contribution >= 0.6 is 11.3 Å². The Morgan fingerprint density at radius 1 is 1.16 bits per heavy atom. The molecule has 3 aromatic heterocycles. The Bertz CT molecular complexity index is 616. The molecule has 0 aliphatic rings. The van der Waals surface area contributed by atoms with Crippen molar-refractivity contribution in [2.45, 2.75) is 13.1 Å². The van der Waals surface area contributed by atoms with Gasteiger partial charge in [-0.2, -0.15) is 5.10 Å². The third-order valence-electron chi connectivity index (χ3n) is 2.83. The Morgan fingerprint density at radius 2 is 2.16 bits per heavy atom. The first-order chi connectivity index (χ1) is 9.43. The molecule has 5 heteroatoms. The van der Waals surface area contributed by atoms with Crippen molar-refractivity contribution in [1.82, 2.24) is 20.5 Å². The first kappa shape index (κ1) is 12.1. The van der Waals surface area contributed by atoms with E-state index in [2.05, 4.69) is 31.9 Å². The molecule has 19 heavy (non-hydrogen) atoms. The topological polar surface area (TPSA) is 53.6 Å². The Kier molecular flexibility index (Phi) is 3.67. The number of nitrogens with zero attached hydrogens (tertiary/aromatic N) is 2. The molecule has 0 aromatic carbocycles. The van der Waals surface area contributed by atoms with Crippen molar-refractivity contribution in [3.8, 4) is 10.6 Å². The maximum atomic E-state index is 4.29. The second kappa shape index (κ2) is 5.77. The van der Waals surface area contributed by atoms with E-state index in [1.54, 1.807) is 11.3 Å². The third kappa shape index (κ3) is 2.89. The first-order valence-electron chi connectivity index (χ1n) is 6.10. The largest absolute Gasteiger partial charge is 0.307 e. The molecule has 3 aromatic rings. The van der Waals surface area contributed by atoms with E-state index in [1.807, 2.05) is 36.7 Å². The van der Waals surface area contributed by atoms with Crippen molar-refractivity contribution in [2.24, 2.45) is 0 Å². The Labute approximate surface area is 115 Å². The van der Waals surface area contributed by atoms with Crippen molar-refractivity contribution in [2.75, 3.05) is 0 Å². The molecular weight excluding hydrogens is 256 g/mol. The zero-order chi connectivity index (χ0) is 12.9. The number of rotatable bonds is 5. The minimum absolute atomic E-state index is 0.760. The predicted octanol–water partition coefficient (Wildman–Crippen LogP) is 2.82. The summed E-state index contributed by atoms with van der Waals surface area (Å²) in [7, 11) is 0. The van der Waals surface area contributed by atoms with Crippen molar-refractivity contribution in [3.05, 3.63) is 59.4 Å². The van der Waals surface area contributed by atoms with E-state index in [0.717, 1.165) is 24.5 Å². The summed E-state index contributed by atoms with van der Waals surface area (Å²) >= 11 is 1.71. The molecule has 0 unspecified atom stereocenters. The highest BCUT2D eigenvalue weighted by Gasteiger charge is 2.07. The fourth-order valence-corrected chi connectivity index (χ4v) is 2.66. The van der Waals surface area contributed by atoms with E-state index < -0.39 is 0 Å². The van der Waals surface area contributed by atoms with Crippen molar-refractivity contribution in [1.29, 1.82) is 0 Å². The molecule has 0 amide bonds. The number of thiophene rings is 1. The average molecular weight is 270 g/mol. The standard InChI is InChI=1S/C14H14N4S/c1-2-6-16-12(4-1)10-15-8-11-9-17-18-14(11)13-5-3-7-19-13/h1-7,9,15H,8,10H2,(H,17,18). The van der Waals surface area contributed by atoms with Crippen LogP contribution in [0.1, 0.15) is 11.3 Å². The number of hydrogen-bond donors (Lipinski definition) is 2. The highest BCUT2D eigenvalue weighted by atomic mass is 32.1. The average Bonchev–Trinajstić information content (AvgIpc) is 3.10. The van der Waals surface area contributed by atoms with Gasteiger partial charge in [-0.1, -0.05) is 12.1 Å². The highest BCUT2D eigenvalue weighted by Crippen LogP contribution is 2.25. The summed E-state index contributed by atoms with van der Waals surface area (Å²) in [4.78, 5) is 5.50. The van der Waals surface area contributed by atoms with Crippen LogP contribution in [-0.4, -0.2) is 15.2 Å². The van der Waals surface area contributed by atoms with E-state index in [4.69, 9.17) is 0 Å². The zero-order valence-corrected chi connectivity index (χ0v) is 11.2. The molecular formula is C14H14N4S. The van der Waals surface area contributed by atoms with Crippen LogP contribution in [0.5, 0.6) is 0 Å². The number of pyridine rings is 1. The van der Waals surface area contributed by atoms with Crippen LogP contribution in [0.15, 0.2) is 48.1 Å². The van der Waals surface area contributed by atoms with Crippen LogP contribution in [0.4, 0.5) is 0 Å². The normalized spacial score (nSPS) is 10.7. The molecule has 2 N–H and O–H groups in total. The minimum atomic E-state index is 0.760. The minimum Gasteiger partial charge on any atom is -0.307 e. The SMILES string of the molecule is c1ccc(CNCc2cn[nH]c2-c2cccs2)nc1. The molecule has 0 saturated heterocycles. The van der Waals surface area contributed by atoms with Gasteiger partial charge in [0.2, 0.25) is 0 Å². The zero-order valence-electron chi connectivity index (χ0n) is 10.3. The summed E-state index contributed by atoms with van der Waals surface area (Å²) in [6.07, 6.45) is 3.69. The van der Waals surface area contributed by atoms with Crippen molar-refractivity contribution < 1.29 is 0 Å². The van der Waals surface area contributed by atoms with Gasteiger partial charge in [0, 0.05) is 24.8 Å². The molecule has 4 nitrogen and oxygen atoms in total. The molecule has 0 aliphatic heterocycles. The lowest BCUT2D eigenvalue weighted by Gasteiger charge is -2.04. The first-order valence-corrected chi connectivity index (χ1v) is 6.98. The number of H-pyrrole nitrogens is 1. The number of aromatic nitrogens is 3. The van der Waals surface area contributed by atoms with Crippen LogP contribution in [-0.2, 0) is 13.1 Å². The van der Waals surface area contributed by atoms with Gasteiger partial charge in [0.1, 0.15) is 0 Å². The van der Waals surface area contributed by atoms with Gasteiger partial charge in [-0.05, 0) is 23.6 Å². The molecule has 3 rings (SSSR count). The quantitative estimate of drug-likeness (QED) is 0.749. The van der Waals surface area contributed by atoms with Crippen LogP contribution in [0.25, 0.3) is 10.6 Å². The van der Waals surface area contributed by atoms with Gasteiger partial charge < -0.3 is 5.32 Å². The summed E-state index contributed by atoms with van der Waals surface area (Å²) < 4.78 is 0. The lowest BCUT2D eigenvalue weighted by atomic mass is 10.2. The van der Waals surface area contributed by atoms with Crippen LogP contribution in [0.3, 0.4) is 0 Å². The van der Waals surface area contributed by atoms with E-state index in [0.29, 0.717) is 0 Å². The second-order valence-electron chi connectivity index (χ2n) is 4.17. The molecule has 0 aliphatic carbocycles. The van der Waals surface area contributed by atoms with E-state index in [9.17, 15) is 0 Å². The maximum Gasteiger partial charge on any atom is 0.0794 e. The molecule has 0 radical (unpaired) electrons. The second-order valence-corrected chi connectivity index (χ2v) is 5.12. The van der Waals surface area contributed by atoms with Gasteiger partial charge in [-0.3, -0.25) is 10.1 Å². The van der Waals surface area contributed by atoms with E-state index in [1.165, 1.54) is 10.4 Å². The van der Waals surface area contributed by atoms with Crippen LogP contribution < -0.4 is 5.32 Å². The Balaban J connectivity index is 1.64. The molecule has 0 fully saturated rings. The predicted molar refractivity (Wildman–Crippen MR) is 76.7 cm³/mol. The molecule has 0 atom stereocenters. The molecule has 0 spiro atoms. The van der Waals surface area contributed by atoms with Gasteiger partial charge in [0.25, 0.3) is 0 Å². The van der Waals surface area contributed by atoms with Crippen molar-refractivity contribution >= 4 is 11.3 Å². The van der Waals surface area contributed by atoms with Crippen molar-refractivity contribution in [3.63, 3.8) is 0 Å². The summed E-state index contributed by atoms with van der Waals surface area (Å²) in [6, 6.07) is 10.1. The van der Waals surface area contributed by atoms with Crippen LogP contribution in [0.2, 0.25) is 0 Å². The smallest absolute Gasteiger partial charge is 0.0794 e. The molecule has 0 saturated carbocycles.